The molecule has 0 saturated carbocycles. The summed E-state index contributed by atoms with van der Waals surface area (Å²) in [5.41, 5.74) is 5.16. The molecular weight excluding hydrogens is 403 g/mol. The molecule has 0 aromatic heterocycles. The Morgan fingerprint density at radius 3 is 2.12 bits per heavy atom. The van der Waals surface area contributed by atoms with Crippen LogP contribution < -0.4 is 10.2 Å². The lowest BCUT2D eigenvalue weighted by Crippen LogP contribution is -2.33. The molecule has 0 spiro atoms. The lowest BCUT2D eigenvalue weighted by molar-refractivity contribution is -0.120. The zero-order valence-corrected chi connectivity index (χ0v) is 18.6. The van der Waals surface area contributed by atoms with Gasteiger partial charge in [0, 0.05) is 5.69 Å². The number of carbonyl (C=O) groups is 2. The van der Waals surface area contributed by atoms with Crippen LogP contribution in [0.3, 0.4) is 0 Å². The quantitative estimate of drug-likeness (QED) is 0.510. The molecule has 0 aliphatic carbocycles. The van der Waals surface area contributed by atoms with Crippen molar-refractivity contribution in [2.24, 2.45) is 0 Å². The lowest BCUT2D eigenvalue weighted by Gasteiger charge is -2.19. The Morgan fingerprint density at radius 1 is 0.844 bits per heavy atom. The number of amides is 2. The summed E-state index contributed by atoms with van der Waals surface area (Å²) in [6.07, 6.45) is 0. The molecule has 0 saturated heterocycles. The maximum absolute atomic E-state index is 13.5. The number of rotatable bonds is 5. The molecular formula is C27H25FN2O2. The molecule has 1 aliphatic rings. The highest BCUT2D eigenvalue weighted by Gasteiger charge is 2.40. The van der Waals surface area contributed by atoms with Crippen molar-refractivity contribution in [3.8, 4) is 0 Å². The van der Waals surface area contributed by atoms with Gasteiger partial charge in [0.05, 0.1) is 11.3 Å². The highest BCUT2D eigenvalue weighted by atomic mass is 19.1. The number of halogens is 1. The summed E-state index contributed by atoms with van der Waals surface area (Å²) in [6.45, 7) is 8.05. The van der Waals surface area contributed by atoms with E-state index in [4.69, 9.17) is 0 Å². The van der Waals surface area contributed by atoms with Gasteiger partial charge in [0.1, 0.15) is 11.5 Å². The largest absolute Gasteiger partial charge is 0.350 e. The average Bonchev–Trinajstić information content (AvgIpc) is 3.01. The fraction of sp³-hybridized carbons (Fsp3) is 0.185. The Balaban J connectivity index is 1.81. The number of hydrogen-bond donors (Lipinski definition) is 1. The normalized spacial score (nSPS) is 14.0. The van der Waals surface area contributed by atoms with Crippen LogP contribution in [0, 0.1) is 19.7 Å². The molecule has 32 heavy (non-hydrogen) atoms. The monoisotopic (exact) mass is 428 g/mol. The van der Waals surface area contributed by atoms with Crippen molar-refractivity contribution in [1.82, 2.24) is 0 Å². The molecule has 3 aromatic carbocycles. The number of imide groups is 1. The first-order valence-electron chi connectivity index (χ1n) is 10.6. The first-order chi connectivity index (χ1) is 15.3. The van der Waals surface area contributed by atoms with Gasteiger partial charge in [-0.1, -0.05) is 50.2 Å². The SMILES string of the molecule is Cc1cccc(N2C(=O)C(Nc3ccc(C(C)C)cc3)=C(c3ccc(F)cc3)C2=O)c1C. The summed E-state index contributed by atoms with van der Waals surface area (Å²) < 4.78 is 13.5. The van der Waals surface area contributed by atoms with Gasteiger partial charge in [-0.25, -0.2) is 9.29 Å². The zero-order valence-electron chi connectivity index (χ0n) is 18.6. The average molecular weight is 429 g/mol. The highest BCUT2D eigenvalue weighted by Crippen LogP contribution is 2.36. The second-order valence-electron chi connectivity index (χ2n) is 8.32. The number of anilines is 2. The van der Waals surface area contributed by atoms with Gasteiger partial charge >= 0.3 is 0 Å². The number of benzene rings is 3. The Hall–Kier alpha value is -3.73. The molecule has 3 aromatic rings. The maximum atomic E-state index is 13.5. The van der Waals surface area contributed by atoms with E-state index in [0.717, 1.165) is 11.1 Å². The van der Waals surface area contributed by atoms with E-state index >= 15 is 0 Å². The molecule has 1 aliphatic heterocycles. The van der Waals surface area contributed by atoms with Crippen LogP contribution in [0.15, 0.2) is 72.4 Å². The molecule has 4 rings (SSSR count). The van der Waals surface area contributed by atoms with Gasteiger partial charge in [-0.3, -0.25) is 9.59 Å². The molecule has 0 atom stereocenters. The Bertz CT molecular complexity index is 1230. The van der Waals surface area contributed by atoms with E-state index in [2.05, 4.69) is 19.2 Å². The van der Waals surface area contributed by atoms with Crippen molar-refractivity contribution < 1.29 is 14.0 Å². The van der Waals surface area contributed by atoms with Crippen LogP contribution in [0.4, 0.5) is 15.8 Å². The smallest absolute Gasteiger partial charge is 0.282 e. The molecule has 5 heteroatoms. The first-order valence-corrected chi connectivity index (χ1v) is 10.6. The molecule has 0 radical (unpaired) electrons. The standard InChI is InChI=1S/C27H25FN2O2/c1-16(2)19-10-14-22(15-11-19)29-25-24(20-8-12-21(28)13-9-20)26(31)30(27(25)32)23-7-5-6-17(3)18(23)4/h5-16,29H,1-4H3. The van der Waals surface area contributed by atoms with Crippen LogP contribution >= 0.6 is 0 Å². The second kappa shape index (κ2) is 8.42. The van der Waals surface area contributed by atoms with Gasteiger partial charge in [-0.05, 0) is 72.4 Å². The molecule has 0 unspecified atom stereocenters. The van der Waals surface area contributed by atoms with Crippen molar-refractivity contribution in [2.45, 2.75) is 33.6 Å². The van der Waals surface area contributed by atoms with Crippen molar-refractivity contribution in [3.05, 3.63) is 100 Å². The minimum Gasteiger partial charge on any atom is -0.350 e. The summed E-state index contributed by atoms with van der Waals surface area (Å²) >= 11 is 0. The zero-order chi connectivity index (χ0) is 23.0. The Kier molecular flexibility index (Phi) is 5.66. The van der Waals surface area contributed by atoms with Crippen molar-refractivity contribution in [2.75, 3.05) is 10.2 Å². The van der Waals surface area contributed by atoms with Crippen LogP contribution in [0.1, 0.15) is 42.0 Å². The molecule has 162 valence electrons. The number of nitrogens with zero attached hydrogens (tertiary/aromatic N) is 1. The molecule has 2 amide bonds. The van der Waals surface area contributed by atoms with Crippen LogP contribution in [-0.2, 0) is 9.59 Å². The molecule has 0 fully saturated rings. The third-order valence-electron chi connectivity index (χ3n) is 5.88. The minimum absolute atomic E-state index is 0.180. The van der Waals surface area contributed by atoms with Gasteiger partial charge in [0.15, 0.2) is 0 Å². The molecule has 0 bridgehead atoms. The fourth-order valence-electron chi connectivity index (χ4n) is 3.82. The van der Waals surface area contributed by atoms with E-state index in [1.54, 1.807) is 6.07 Å². The predicted octanol–water partition coefficient (Wildman–Crippen LogP) is 5.96. The highest BCUT2D eigenvalue weighted by molar-refractivity contribution is 6.46. The Labute approximate surface area is 187 Å². The predicted molar refractivity (Wildman–Crippen MR) is 126 cm³/mol. The van der Waals surface area contributed by atoms with Crippen molar-refractivity contribution >= 4 is 28.8 Å². The number of nitrogens with one attached hydrogen (secondary N) is 1. The van der Waals surface area contributed by atoms with Crippen LogP contribution in [0.25, 0.3) is 5.57 Å². The second-order valence-corrected chi connectivity index (χ2v) is 8.32. The molecule has 4 nitrogen and oxygen atoms in total. The van der Waals surface area contributed by atoms with Gasteiger partial charge in [-0.15, -0.1) is 0 Å². The maximum Gasteiger partial charge on any atom is 0.282 e. The summed E-state index contributed by atoms with van der Waals surface area (Å²) in [6, 6.07) is 18.9. The van der Waals surface area contributed by atoms with Gasteiger partial charge in [0.2, 0.25) is 0 Å². The van der Waals surface area contributed by atoms with Crippen LogP contribution in [0.2, 0.25) is 0 Å². The van der Waals surface area contributed by atoms with Gasteiger partial charge in [-0.2, -0.15) is 0 Å². The van der Waals surface area contributed by atoms with E-state index in [-0.39, 0.29) is 11.3 Å². The topological polar surface area (TPSA) is 49.4 Å². The molecule has 1 N–H and O–H groups in total. The minimum atomic E-state index is -0.434. The number of hydrogen-bond acceptors (Lipinski definition) is 3. The van der Waals surface area contributed by atoms with E-state index in [0.29, 0.717) is 22.9 Å². The van der Waals surface area contributed by atoms with Gasteiger partial charge in [0.25, 0.3) is 11.8 Å². The lowest BCUT2D eigenvalue weighted by atomic mass is 10.0. The van der Waals surface area contributed by atoms with Crippen molar-refractivity contribution in [3.63, 3.8) is 0 Å². The van der Waals surface area contributed by atoms with Crippen LogP contribution in [-0.4, -0.2) is 11.8 Å². The van der Waals surface area contributed by atoms with E-state index in [1.807, 2.05) is 50.2 Å². The number of aryl methyl sites for hydroxylation is 1. The first kappa shape index (κ1) is 21.5. The summed E-state index contributed by atoms with van der Waals surface area (Å²) in [7, 11) is 0. The third kappa shape index (κ3) is 3.82. The Morgan fingerprint density at radius 2 is 1.50 bits per heavy atom. The summed E-state index contributed by atoms with van der Waals surface area (Å²) in [5, 5.41) is 3.16. The van der Waals surface area contributed by atoms with Crippen molar-refractivity contribution in [1.29, 1.82) is 0 Å². The van der Waals surface area contributed by atoms with Crippen LogP contribution in [0.5, 0.6) is 0 Å². The third-order valence-corrected chi connectivity index (χ3v) is 5.88. The fourth-order valence-corrected chi connectivity index (χ4v) is 3.82. The van der Waals surface area contributed by atoms with E-state index in [9.17, 15) is 14.0 Å². The number of carbonyl (C=O) groups excluding carboxylic acids is 2. The van der Waals surface area contributed by atoms with Gasteiger partial charge < -0.3 is 5.32 Å². The summed E-state index contributed by atoms with van der Waals surface area (Å²) in [5.74, 6) is -0.892. The van der Waals surface area contributed by atoms with E-state index in [1.165, 1.54) is 34.7 Å². The summed E-state index contributed by atoms with van der Waals surface area (Å²) in [4.78, 5) is 28.2. The molecule has 1 heterocycles. The van der Waals surface area contributed by atoms with E-state index < -0.39 is 17.6 Å².